The lowest BCUT2D eigenvalue weighted by molar-refractivity contribution is -0.121. The first-order chi connectivity index (χ1) is 14.0. The number of nitrogens with one attached hydrogen (secondary N) is 1. The first-order valence-electron chi connectivity index (χ1n) is 8.97. The van der Waals surface area contributed by atoms with Crippen molar-refractivity contribution < 1.29 is 13.2 Å². The highest BCUT2D eigenvalue weighted by Crippen LogP contribution is 2.13. The second kappa shape index (κ2) is 9.27. The predicted molar refractivity (Wildman–Crippen MR) is 113 cm³/mol. The second-order valence-electron chi connectivity index (χ2n) is 6.30. The van der Waals surface area contributed by atoms with Crippen LogP contribution in [-0.4, -0.2) is 37.9 Å². The molecule has 0 unspecified atom stereocenters. The monoisotopic (exact) mass is 407 g/mol. The van der Waals surface area contributed by atoms with Crippen molar-refractivity contribution in [2.75, 3.05) is 13.6 Å². The highest BCUT2D eigenvalue weighted by molar-refractivity contribution is 7.89. The Morgan fingerprint density at radius 3 is 1.76 bits per heavy atom. The largest absolute Gasteiger partial charge is 0.272 e. The smallest absolute Gasteiger partial charge is 0.255 e. The summed E-state index contributed by atoms with van der Waals surface area (Å²) in [5.41, 5.74) is 4.74. The number of nitrogens with zero attached hydrogens (tertiary/aromatic N) is 2. The quantitative estimate of drug-likeness (QED) is 0.483. The van der Waals surface area contributed by atoms with E-state index in [0.717, 1.165) is 15.4 Å². The number of hydrogen-bond acceptors (Lipinski definition) is 4. The number of likely N-dealkylation sites (N-methyl/N-ethyl adjacent to an activating group) is 1. The average Bonchev–Trinajstić information content (AvgIpc) is 2.76. The number of hydrogen-bond donors (Lipinski definition) is 1. The maximum Gasteiger partial charge on any atom is 0.255 e. The first-order valence-corrected chi connectivity index (χ1v) is 10.4. The fraction of sp³-hybridized carbons (Fsp3) is 0.0909. The molecule has 0 aliphatic carbocycles. The third-order valence-corrected chi connectivity index (χ3v) is 6.02. The lowest BCUT2D eigenvalue weighted by Gasteiger charge is -2.16. The van der Waals surface area contributed by atoms with E-state index in [-0.39, 0.29) is 11.4 Å². The van der Waals surface area contributed by atoms with Gasteiger partial charge in [0.2, 0.25) is 10.0 Å². The molecule has 1 amide bonds. The Balaban J connectivity index is 1.77. The van der Waals surface area contributed by atoms with Gasteiger partial charge in [-0.25, -0.2) is 13.8 Å². The van der Waals surface area contributed by atoms with E-state index in [0.29, 0.717) is 5.71 Å². The fourth-order valence-electron chi connectivity index (χ4n) is 2.70. The Hall–Kier alpha value is -3.29. The van der Waals surface area contributed by atoms with Gasteiger partial charge in [0.15, 0.2) is 0 Å². The Morgan fingerprint density at radius 1 is 0.828 bits per heavy atom. The van der Waals surface area contributed by atoms with Gasteiger partial charge in [-0.1, -0.05) is 78.9 Å². The Labute approximate surface area is 170 Å². The second-order valence-corrected chi connectivity index (χ2v) is 8.35. The number of rotatable bonds is 7. The topological polar surface area (TPSA) is 78.8 Å². The molecule has 29 heavy (non-hydrogen) atoms. The van der Waals surface area contributed by atoms with E-state index in [1.807, 2.05) is 60.7 Å². The number of carbonyl (C=O) groups is 1. The van der Waals surface area contributed by atoms with Crippen LogP contribution in [0.15, 0.2) is 101 Å². The van der Waals surface area contributed by atoms with Crippen molar-refractivity contribution in [3.8, 4) is 0 Å². The third-order valence-electron chi connectivity index (χ3n) is 4.20. The molecule has 3 aromatic carbocycles. The van der Waals surface area contributed by atoms with E-state index in [9.17, 15) is 13.2 Å². The van der Waals surface area contributed by atoms with Gasteiger partial charge in [-0.3, -0.25) is 4.79 Å². The van der Waals surface area contributed by atoms with Gasteiger partial charge >= 0.3 is 0 Å². The van der Waals surface area contributed by atoms with Crippen molar-refractivity contribution in [3.05, 3.63) is 102 Å². The molecule has 0 atom stereocenters. The molecule has 0 bridgehead atoms. The summed E-state index contributed by atoms with van der Waals surface area (Å²) in [7, 11) is -2.39. The van der Waals surface area contributed by atoms with E-state index in [4.69, 9.17) is 0 Å². The lowest BCUT2D eigenvalue weighted by atomic mass is 10.0. The van der Waals surface area contributed by atoms with Gasteiger partial charge in [0.1, 0.15) is 0 Å². The zero-order chi connectivity index (χ0) is 20.7. The third kappa shape index (κ3) is 5.16. The van der Waals surface area contributed by atoms with Crippen molar-refractivity contribution in [2.45, 2.75) is 4.90 Å². The lowest BCUT2D eigenvalue weighted by Crippen LogP contribution is -2.37. The van der Waals surface area contributed by atoms with Crippen molar-refractivity contribution in [1.82, 2.24) is 9.73 Å². The standard InChI is InChI=1S/C22H21N3O3S/c1-25(29(27,28)20-15-9-4-10-16-20)17-21(26)23-24-22(18-11-5-2-6-12-18)19-13-7-3-8-14-19/h2-16H,17H2,1H3,(H,23,26). The first kappa shape index (κ1) is 20.4. The van der Waals surface area contributed by atoms with Crippen LogP contribution in [0.4, 0.5) is 0 Å². The minimum Gasteiger partial charge on any atom is -0.272 e. The molecule has 6 nitrogen and oxygen atoms in total. The van der Waals surface area contributed by atoms with E-state index in [2.05, 4.69) is 10.5 Å². The molecule has 0 saturated heterocycles. The summed E-state index contributed by atoms with van der Waals surface area (Å²) in [6, 6.07) is 26.9. The predicted octanol–water partition coefficient (Wildman–Crippen LogP) is 2.88. The Bertz CT molecular complexity index is 1040. The molecule has 3 rings (SSSR count). The molecule has 0 fully saturated rings. The fourth-order valence-corrected chi connectivity index (χ4v) is 3.85. The number of amides is 1. The van der Waals surface area contributed by atoms with Crippen LogP contribution in [0.1, 0.15) is 11.1 Å². The summed E-state index contributed by atoms with van der Waals surface area (Å²) < 4.78 is 26.1. The molecule has 0 aliphatic rings. The van der Waals surface area contributed by atoms with Gasteiger partial charge in [0.25, 0.3) is 5.91 Å². The molecule has 7 heteroatoms. The molecule has 0 radical (unpaired) electrons. The van der Waals surface area contributed by atoms with Crippen LogP contribution in [0.3, 0.4) is 0 Å². The molecule has 0 heterocycles. The molecular formula is C22H21N3O3S. The molecule has 3 aromatic rings. The average molecular weight is 407 g/mol. The molecule has 1 N–H and O–H groups in total. The summed E-state index contributed by atoms with van der Waals surface area (Å²) in [6.45, 7) is -0.350. The molecule has 148 valence electrons. The molecule has 0 aliphatic heterocycles. The summed E-state index contributed by atoms with van der Waals surface area (Å²) in [5, 5.41) is 4.27. The minimum atomic E-state index is -3.75. The van der Waals surface area contributed by atoms with E-state index < -0.39 is 15.9 Å². The van der Waals surface area contributed by atoms with E-state index >= 15 is 0 Å². The number of sulfonamides is 1. The van der Waals surface area contributed by atoms with Gasteiger partial charge in [-0.2, -0.15) is 9.41 Å². The van der Waals surface area contributed by atoms with Crippen LogP contribution < -0.4 is 5.43 Å². The molecule has 0 aromatic heterocycles. The van der Waals surface area contributed by atoms with E-state index in [1.165, 1.54) is 19.2 Å². The molecule has 0 spiro atoms. The van der Waals surface area contributed by atoms with Gasteiger partial charge in [0, 0.05) is 18.2 Å². The van der Waals surface area contributed by atoms with Crippen molar-refractivity contribution in [2.24, 2.45) is 5.10 Å². The zero-order valence-corrected chi connectivity index (χ0v) is 16.7. The van der Waals surface area contributed by atoms with Gasteiger partial charge in [-0.15, -0.1) is 0 Å². The maximum atomic E-state index is 12.6. The molecule has 0 saturated carbocycles. The van der Waals surface area contributed by atoms with Crippen molar-refractivity contribution in [3.63, 3.8) is 0 Å². The molecular weight excluding hydrogens is 386 g/mol. The zero-order valence-electron chi connectivity index (χ0n) is 15.9. The summed E-state index contributed by atoms with van der Waals surface area (Å²) in [6.07, 6.45) is 0. The Kier molecular flexibility index (Phi) is 6.54. The highest BCUT2D eigenvalue weighted by atomic mass is 32.2. The summed E-state index contributed by atoms with van der Waals surface area (Å²) in [5.74, 6) is -0.531. The minimum absolute atomic E-state index is 0.132. The van der Waals surface area contributed by atoms with Gasteiger partial charge in [0.05, 0.1) is 17.2 Å². The van der Waals surface area contributed by atoms with Crippen LogP contribution in [-0.2, 0) is 14.8 Å². The number of carbonyl (C=O) groups excluding carboxylic acids is 1. The highest BCUT2D eigenvalue weighted by Gasteiger charge is 2.22. The van der Waals surface area contributed by atoms with Crippen LogP contribution in [0.5, 0.6) is 0 Å². The van der Waals surface area contributed by atoms with E-state index in [1.54, 1.807) is 18.2 Å². The van der Waals surface area contributed by atoms with Gasteiger partial charge < -0.3 is 0 Å². The van der Waals surface area contributed by atoms with Crippen LogP contribution >= 0.6 is 0 Å². The SMILES string of the molecule is CN(CC(=O)NN=C(c1ccccc1)c1ccccc1)S(=O)(=O)c1ccccc1. The number of benzene rings is 3. The number of hydrazone groups is 1. The van der Waals surface area contributed by atoms with Gasteiger partial charge in [-0.05, 0) is 12.1 Å². The van der Waals surface area contributed by atoms with Crippen LogP contribution in [0.25, 0.3) is 0 Å². The maximum absolute atomic E-state index is 12.6. The van der Waals surface area contributed by atoms with Crippen molar-refractivity contribution in [1.29, 1.82) is 0 Å². The summed E-state index contributed by atoms with van der Waals surface area (Å²) >= 11 is 0. The van der Waals surface area contributed by atoms with Crippen LogP contribution in [0, 0.1) is 0 Å². The summed E-state index contributed by atoms with van der Waals surface area (Å²) in [4.78, 5) is 12.5. The van der Waals surface area contributed by atoms with Crippen LogP contribution in [0.2, 0.25) is 0 Å². The normalized spacial score (nSPS) is 11.1. The Morgan fingerprint density at radius 2 is 1.28 bits per heavy atom. The van der Waals surface area contributed by atoms with Crippen molar-refractivity contribution >= 4 is 21.6 Å².